The van der Waals surface area contributed by atoms with Gasteiger partial charge in [-0.15, -0.1) is 0 Å². The molecule has 0 fully saturated rings. The van der Waals surface area contributed by atoms with Crippen LogP contribution >= 0.6 is 11.3 Å². The fraction of sp³-hybridized carbons (Fsp3) is 0.679. The Bertz CT molecular complexity index is 743. The van der Waals surface area contributed by atoms with Crippen molar-refractivity contribution in [2.45, 2.75) is 110 Å². The van der Waals surface area contributed by atoms with Crippen molar-refractivity contribution in [2.75, 3.05) is 18.0 Å². The second-order valence-electron chi connectivity index (χ2n) is 9.39. The summed E-state index contributed by atoms with van der Waals surface area (Å²) in [6.45, 7) is 8.13. The first-order chi connectivity index (χ1) is 15.3. The van der Waals surface area contributed by atoms with Crippen LogP contribution in [-0.2, 0) is 6.54 Å². The van der Waals surface area contributed by atoms with Crippen molar-refractivity contribution >= 4 is 16.5 Å². The van der Waals surface area contributed by atoms with Gasteiger partial charge in [0.15, 0.2) is 0 Å². The zero-order chi connectivity index (χ0) is 21.7. The van der Waals surface area contributed by atoms with Crippen LogP contribution in [0.25, 0.3) is 11.3 Å². The summed E-state index contributed by atoms with van der Waals surface area (Å²) in [4.78, 5) is 4.08. The Morgan fingerprint density at radius 2 is 1.31 bits per heavy atom. The molecule has 2 nitrogen and oxygen atoms in total. The largest absolute Gasteiger partial charge is 1.00 e. The fourth-order valence-corrected chi connectivity index (χ4v) is 6.15. The molecule has 1 aliphatic heterocycles. The van der Waals surface area contributed by atoms with E-state index in [2.05, 4.69) is 53.6 Å². The molecule has 4 heteroatoms. The zero-order valence-corrected chi connectivity index (χ0v) is 23.0. The maximum atomic E-state index is 2.63. The maximum Gasteiger partial charge on any atom is 0.336 e. The minimum absolute atomic E-state index is 0. The number of nitrogens with zero attached hydrogens (tertiary/aromatic N) is 2. The summed E-state index contributed by atoms with van der Waals surface area (Å²) in [5.41, 5.74) is 2.80. The highest BCUT2D eigenvalue weighted by atomic mass is 79.9. The molecule has 2 aromatic rings. The average Bonchev–Trinajstić information content (AvgIpc) is 3.32. The van der Waals surface area contributed by atoms with E-state index in [0.717, 1.165) is 6.54 Å². The molecule has 0 amide bonds. The van der Waals surface area contributed by atoms with Gasteiger partial charge in [0.25, 0.3) is 0 Å². The molecular formula is C28H45BrN2S. The number of benzene rings is 1. The van der Waals surface area contributed by atoms with E-state index >= 15 is 0 Å². The normalized spacial score (nSPS) is 12.8. The maximum absolute atomic E-state index is 2.63. The van der Waals surface area contributed by atoms with Crippen molar-refractivity contribution in [3.05, 3.63) is 35.2 Å². The van der Waals surface area contributed by atoms with Crippen molar-refractivity contribution < 1.29 is 21.5 Å². The molecule has 1 aromatic heterocycles. The van der Waals surface area contributed by atoms with Crippen LogP contribution < -0.4 is 26.4 Å². The van der Waals surface area contributed by atoms with Gasteiger partial charge in [-0.05, 0) is 19.8 Å². The Balaban J connectivity index is 0.00000363. The zero-order valence-electron chi connectivity index (χ0n) is 20.6. The number of unbranched alkanes of at least 4 members (excludes halogenated alkanes) is 13. The van der Waals surface area contributed by atoms with Gasteiger partial charge in [0.2, 0.25) is 0 Å². The van der Waals surface area contributed by atoms with Gasteiger partial charge < -0.3 is 17.0 Å². The number of hydrogen-bond donors (Lipinski definition) is 0. The molecule has 1 aliphatic rings. The first-order valence-electron chi connectivity index (χ1n) is 13.1. The van der Waals surface area contributed by atoms with Gasteiger partial charge in [-0.2, -0.15) is 0 Å². The smallest absolute Gasteiger partial charge is 0.336 e. The molecule has 2 heterocycles. The minimum Gasteiger partial charge on any atom is -1.00 e. The highest BCUT2D eigenvalue weighted by molar-refractivity contribution is 7.15. The first-order valence-corrected chi connectivity index (χ1v) is 14.0. The molecule has 0 saturated heterocycles. The third-order valence-electron chi connectivity index (χ3n) is 6.77. The molecule has 0 bridgehead atoms. The average molecular weight is 522 g/mol. The van der Waals surface area contributed by atoms with E-state index in [-0.39, 0.29) is 17.0 Å². The predicted octanol–water partition coefficient (Wildman–Crippen LogP) is 5.32. The van der Waals surface area contributed by atoms with Crippen molar-refractivity contribution in [1.82, 2.24) is 0 Å². The van der Waals surface area contributed by atoms with Crippen LogP contribution in [0.5, 0.6) is 0 Å². The Kier molecular flexibility index (Phi) is 13.6. The lowest BCUT2D eigenvalue weighted by molar-refractivity contribution is -0.656. The summed E-state index contributed by atoms with van der Waals surface area (Å²) in [5.74, 6) is 0. The van der Waals surface area contributed by atoms with E-state index in [4.69, 9.17) is 0 Å². The number of halogens is 1. The summed E-state index contributed by atoms with van der Waals surface area (Å²) in [6, 6.07) is 10.9. The molecule has 0 aliphatic carbocycles. The van der Waals surface area contributed by atoms with Crippen LogP contribution in [0.2, 0.25) is 0 Å². The van der Waals surface area contributed by atoms with Crippen LogP contribution in [0.4, 0.5) is 5.13 Å². The molecule has 3 rings (SSSR count). The van der Waals surface area contributed by atoms with E-state index in [1.54, 1.807) is 0 Å². The number of thiazole rings is 1. The van der Waals surface area contributed by atoms with Gasteiger partial charge >= 0.3 is 5.13 Å². The standard InChI is InChI=1S/C28H45N2S.BrH/c1-3-4-5-6-7-8-9-10-11-12-13-14-15-19-22-29-23-24-30-27(25(2)31-28(29)30)26-20-17-16-18-21-26;/h16-18,20-21H,3-15,19,22-24H2,1-2H3;1H/q+1;/p-1. The molecule has 0 unspecified atom stereocenters. The van der Waals surface area contributed by atoms with Crippen LogP contribution in [0.15, 0.2) is 30.3 Å². The summed E-state index contributed by atoms with van der Waals surface area (Å²) < 4.78 is 2.55. The molecule has 180 valence electrons. The molecular weight excluding hydrogens is 476 g/mol. The van der Waals surface area contributed by atoms with Crippen LogP contribution in [-0.4, -0.2) is 13.1 Å². The van der Waals surface area contributed by atoms with Crippen molar-refractivity contribution in [2.24, 2.45) is 0 Å². The van der Waals surface area contributed by atoms with Gasteiger partial charge in [0.05, 0.1) is 11.4 Å². The summed E-state index contributed by atoms with van der Waals surface area (Å²) >= 11 is 1.98. The summed E-state index contributed by atoms with van der Waals surface area (Å²) in [6.07, 6.45) is 20.1. The molecule has 0 saturated carbocycles. The van der Waals surface area contributed by atoms with Gasteiger partial charge in [0.1, 0.15) is 18.8 Å². The number of fused-ring (bicyclic) bond motifs is 1. The third-order valence-corrected chi connectivity index (χ3v) is 7.93. The molecule has 0 N–H and O–H groups in total. The number of aromatic nitrogens is 1. The number of rotatable bonds is 16. The van der Waals surface area contributed by atoms with Crippen LogP contribution in [0.3, 0.4) is 0 Å². The van der Waals surface area contributed by atoms with Crippen molar-refractivity contribution in [3.8, 4) is 11.3 Å². The Labute approximate surface area is 212 Å². The SMILES string of the molecule is CCCCCCCCCCCCCCCCN1CC[n+]2c1sc(C)c2-c1ccccc1.[Br-]. The molecule has 1 aromatic carbocycles. The summed E-state index contributed by atoms with van der Waals surface area (Å²) in [7, 11) is 0. The first kappa shape index (κ1) is 27.4. The van der Waals surface area contributed by atoms with Crippen LogP contribution in [0, 0.1) is 6.92 Å². The van der Waals surface area contributed by atoms with E-state index in [1.807, 2.05) is 11.3 Å². The van der Waals surface area contributed by atoms with E-state index in [9.17, 15) is 0 Å². The minimum atomic E-state index is 0. The van der Waals surface area contributed by atoms with Gasteiger partial charge in [-0.1, -0.05) is 126 Å². The lowest BCUT2D eigenvalue weighted by atomic mass is 10.0. The monoisotopic (exact) mass is 520 g/mol. The van der Waals surface area contributed by atoms with Gasteiger partial charge in [0, 0.05) is 5.56 Å². The molecule has 0 atom stereocenters. The second kappa shape index (κ2) is 15.9. The topological polar surface area (TPSA) is 7.12 Å². The van der Waals surface area contributed by atoms with Crippen molar-refractivity contribution in [1.29, 1.82) is 0 Å². The predicted molar refractivity (Wildman–Crippen MR) is 137 cm³/mol. The Hall–Kier alpha value is -0.870. The number of aryl methyl sites for hydroxylation is 1. The van der Waals surface area contributed by atoms with E-state index in [0.29, 0.717) is 0 Å². The van der Waals surface area contributed by atoms with Crippen molar-refractivity contribution in [3.63, 3.8) is 0 Å². The highest BCUT2D eigenvalue weighted by Gasteiger charge is 2.33. The Morgan fingerprint density at radius 3 is 1.88 bits per heavy atom. The van der Waals surface area contributed by atoms with E-state index < -0.39 is 0 Å². The third kappa shape index (κ3) is 8.48. The van der Waals surface area contributed by atoms with Crippen LogP contribution in [0.1, 0.15) is 102 Å². The number of anilines is 1. The number of hydrogen-bond acceptors (Lipinski definition) is 2. The van der Waals surface area contributed by atoms with Gasteiger partial charge in [-0.3, -0.25) is 0 Å². The lowest BCUT2D eigenvalue weighted by Gasteiger charge is -2.08. The van der Waals surface area contributed by atoms with E-state index in [1.165, 1.54) is 124 Å². The molecule has 0 spiro atoms. The quantitative estimate of drug-likeness (QED) is 0.214. The lowest BCUT2D eigenvalue weighted by Crippen LogP contribution is -3.00. The second-order valence-corrected chi connectivity index (χ2v) is 10.6. The van der Waals surface area contributed by atoms with Gasteiger partial charge in [-0.25, -0.2) is 9.47 Å². The highest BCUT2D eigenvalue weighted by Crippen LogP contribution is 2.33. The fourth-order valence-electron chi connectivity index (χ4n) is 4.94. The Morgan fingerprint density at radius 1 is 0.781 bits per heavy atom. The summed E-state index contributed by atoms with van der Waals surface area (Å²) in [5, 5.41) is 1.48. The molecule has 0 radical (unpaired) electrons. The molecule has 32 heavy (non-hydrogen) atoms.